The molecule has 0 bridgehead atoms. The number of urea groups is 1. The predicted octanol–water partition coefficient (Wildman–Crippen LogP) is 3.43. The van der Waals surface area contributed by atoms with Gasteiger partial charge in [-0.05, 0) is 33.8 Å². The SMILES string of the molecule is Cc1nc(NC(=O)NC(C)(C)C)sc1-c1cccnc1. The number of anilines is 1. The van der Waals surface area contributed by atoms with E-state index >= 15 is 0 Å². The van der Waals surface area contributed by atoms with Crippen molar-refractivity contribution >= 4 is 22.5 Å². The largest absolute Gasteiger partial charge is 0.333 e. The summed E-state index contributed by atoms with van der Waals surface area (Å²) in [6.07, 6.45) is 3.52. The lowest BCUT2D eigenvalue weighted by molar-refractivity contribution is 0.244. The number of nitrogens with zero attached hydrogens (tertiary/aromatic N) is 2. The number of aryl methyl sites for hydroxylation is 1. The molecule has 2 N–H and O–H groups in total. The fourth-order valence-electron chi connectivity index (χ4n) is 1.68. The van der Waals surface area contributed by atoms with Gasteiger partial charge in [-0.15, -0.1) is 0 Å². The minimum atomic E-state index is -0.275. The van der Waals surface area contributed by atoms with Crippen molar-refractivity contribution in [1.82, 2.24) is 15.3 Å². The quantitative estimate of drug-likeness (QED) is 0.890. The van der Waals surface area contributed by atoms with Crippen LogP contribution in [0.25, 0.3) is 10.4 Å². The summed E-state index contributed by atoms with van der Waals surface area (Å²) in [5.74, 6) is 0. The minimum Gasteiger partial charge on any atom is -0.333 e. The molecule has 0 atom stereocenters. The van der Waals surface area contributed by atoms with Crippen LogP contribution < -0.4 is 10.6 Å². The van der Waals surface area contributed by atoms with Gasteiger partial charge in [0, 0.05) is 23.5 Å². The Morgan fingerprint density at radius 1 is 1.35 bits per heavy atom. The molecule has 2 amide bonds. The average Bonchev–Trinajstić information content (AvgIpc) is 2.68. The summed E-state index contributed by atoms with van der Waals surface area (Å²) in [6.45, 7) is 7.72. The third-order valence-electron chi connectivity index (χ3n) is 2.43. The summed E-state index contributed by atoms with van der Waals surface area (Å²) in [4.78, 5) is 21.3. The van der Waals surface area contributed by atoms with E-state index in [1.54, 1.807) is 12.4 Å². The molecule has 0 fully saturated rings. The molecular weight excluding hydrogens is 272 g/mol. The van der Waals surface area contributed by atoms with E-state index in [9.17, 15) is 4.79 Å². The smallest absolute Gasteiger partial charge is 0.321 e. The molecule has 0 radical (unpaired) electrons. The molecule has 20 heavy (non-hydrogen) atoms. The Kier molecular flexibility index (Phi) is 4.04. The maximum Gasteiger partial charge on any atom is 0.321 e. The molecule has 0 aliphatic rings. The second-order valence-corrected chi connectivity index (χ2v) is 6.50. The first-order valence-corrected chi connectivity index (χ1v) is 7.14. The van der Waals surface area contributed by atoms with Crippen molar-refractivity contribution in [2.24, 2.45) is 0 Å². The summed E-state index contributed by atoms with van der Waals surface area (Å²) in [7, 11) is 0. The third-order valence-corrected chi connectivity index (χ3v) is 3.55. The van der Waals surface area contributed by atoms with E-state index in [1.807, 2.05) is 39.8 Å². The first kappa shape index (κ1) is 14.5. The van der Waals surface area contributed by atoms with E-state index in [2.05, 4.69) is 20.6 Å². The standard InChI is InChI=1S/C14H18N4OS/c1-9-11(10-6-5-7-15-8-10)20-13(16-9)17-12(19)18-14(2,3)4/h5-8H,1-4H3,(H2,16,17,18,19). The van der Waals surface area contributed by atoms with Gasteiger partial charge in [-0.3, -0.25) is 10.3 Å². The molecule has 0 unspecified atom stereocenters. The van der Waals surface area contributed by atoms with Gasteiger partial charge in [0.15, 0.2) is 5.13 Å². The lowest BCUT2D eigenvalue weighted by atomic mass is 10.1. The Bertz CT molecular complexity index is 601. The number of nitrogens with one attached hydrogen (secondary N) is 2. The molecule has 106 valence electrons. The number of carbonyl (C=O) groups is 1. The summed E-state index contributed by atoms with van der Waals surface area (Å²) >= 11 is 1.44. The number of aromatic nitrogens is 2. The number of amides is 2. The zero-order valence-electron chi connectivity index (χ0n) is 12.0. The molecule has 2 aromatic heterocycles. The molecule has 0 aliphatic carbocycles. The zero-order chi connectivity index (χ0) is 14.8. The van der Waals surface area contributed by atoms with Crippen LogP contribution in [-0.4, -0.2) is 21.5 Å². The van der Waals surface area contributed by atoms with E-state index in [0.717, 1.165) is 16.1 Å². The lowest BCUT2D eigenvalue weighted by Gasteiger charge is -2.20. The molecule has 6 heteroatoms. The summed E-state index contributed by atoms with van der Waals surface area (Å²) in [6, 6.07) is 3.62. The van der Waals surface area contributed by atoms with Gasteiger partial charge >= 0.3 is 6.03 Å². The minimum absolute atomic E-state index is 0.246. The van der Waals surface area contributed by atoms with Crippen LogP contribution in [0.3, 0.4) is 0 Å². The van der Waals surface area contributed by atoms with Crippen molar-refractivity contribution in [3.8, 4) is 10.4 Å². The average molecular weight is 290 g/mol. The van der Waals surface area contributed by atoms with Crippen molar-refractivity contribution in [3.05, 3.63) is 30.2 Å². The van der Waals surface area contributed by atoms with E-state index in [-0.39, 0.29) is 11.6 Å². The van der Waals surface area contributed by atoms with Crippen molar-refractivity contribution < 1.29 is 4.79 Å². The Hall–Kier alpha value is -1.95. The lowest BCUT2D eigenvalue weighted by Crippen LogP contribution is -2.43. The molecule has 0 saturated carbocycles. The van der Waals surface area contributed by atoms with E-state index in [4.69, 9.17) is 0 Å². The van der Waals surface area contributed by atoms with Crippen LogP contribution in [0.2, 0.25) is 0 Å². The van der Waals surface area contributed by atoms with Gasteiger partial charge in [0.25, 0.3) is 0 Å². The van der Waals surface area contributed by atoms with Crippen LogP contribution in [-0.2, 0) is 0 Å². The van der Waals surface area contributed by atoms with Crippen molar-refractivity contribution in [2.75, 3.05) is 5.32 Å². The molecule has 5 nitrogen and oxygen atoms in total. The molecular formula is C14H18N4OS. The van der Waals surface area contributed by atoms with Crippen molar-refractivity contribution in [2.45, 2.75) is 33.2 Å². The fourth-order valence-corrected chi connectivity index (χ4v) is 2.64. The first-order chi connectivity index (χ1) is 9.35. The Balaban J connectivity index is 2.14. The molecule has 0 aromatic carbocycles. The monoisotopic (exact) mass is 290 g/mol. The Morgan fingerprint density at radius 2 is 2.10 bits per heavy atom. The molecule has 2 rings (SSSR count). The second-order valence-electron chi connectivity index (χ2n) is 5.50. The fraction of sp³-hybridized carbons (Fsp3) is 0.357. The van der Waals surface area contributed by atoms with Crippen LogP contribution in [0.4, 0.5) is 9.93 Å². The van der Waals surface area contributed by atoms with Gasteiger partial charge in [0.2, 0.25) is 0 Å². The van der Waals surface area contributed by atoms with E-state index in [1.165, 1.54) is 11.3 Å². The van der Waals surface area contributed by atoms with Crippen LogP contribution in [0.1, 0.15) is 26.5 Å². The van der Waals surface area contributed by atoms with Gasteiger partial charge in [-0.2, -0.15) is 0 Å². The van der Waals surface area contributed by atoms with Gasteiger partial charge < -0.3 is 5.32 Å². The van der Waals surface area contributed by atoms with E-state index in [0.29, 0.717) is 5.13 Å². The maximum absolute atomic E-state index is 11.8. The Labute approximate surface area is 122 Å². The summed E-state index contributed by atoms with van der Waals surface area (Å²) in [5, 5.41) is 6.19. The van der Waals surface area contributed by atoms with E-state index < -0.39 is 0 Å². The number of rotatable bonds is 2. The number of thiazole rings is 1. The summed E-state index contributed by atoms with van der Waals surface area (Å²) < 4.78 is 0. The third kappa shape index (κ3) is 3.77. The highest BCUT2D eigenvalue weighted by molar-refractivity contribution is 7.19. The van der Waals surface area contributed by atoms with Crippen LogP contribution >= 0.6 is 11.3 Å². The zero-order valence-corrected chi connectivity index (χ0v) is 12.8. The normalized spacial score (nSPS) is 11.2. The first-order valence-electron chi connectivity index (χ1n) is 6.32. The van der Waals surface area contributed by atoms with Gasteiger partial charge in [-0.1, -0.05) is 17.4 Å². The van der Waals surface area contributed by atoms with Crippen molar-refractivity contribution in [3.63, 3.8) is 0 Å². The topological polar surface area (TPSA) is 66.9 Å². The number of hydrogen-bond acceptors (Lipinski definition) is 4. The number of carbonyl (C=O) groups excluding carboxylic acids is 1. The van der Waals surface area contributed by atoms with Crippen LogP contribution in [0, 0.1) is 6.92 Å². The molecule has 2 aromatic rings. The molecule has 0 aliphatic heterocycles. The second kappa shape index (κ2) is 5.58. The van der Waals surface area contributed by atoms with Gasteiger partial charge in [0.1, 0.15) is 0 Å². The van der Waals surface area contributed by atoms with Crippen LogP contribution in [0.5, 0.6) is 0 Å². The van der Waals surface area contributed by atoms with Crippen LogP contribution in [0.15, 0.2) is 24.5 Å². The maximum atomic E-state index is 11.8. The highest BCUT2D eigenvalue weighted by Gasteiger charge is 2.16. The van der Waals surface area contributed by atoms with Crippen molar-refractivity contribution in [1.29, 1.82) is 0 Å². The molecule has 0 saturated heterocycles. The van der Waals surface area contributed by atoms with Gasteiger partial charge in [0.05, 0.1) is 10.6 Å². The Morgan fingerprint density at radius 3 is 2.70 bits per heavy atom. The number of hydrogen-bond donors (Lipinski definition) is 2. The number of pyridine rings is 1. The molecule has 2 heterocycles. The predicted molar refractivity (Wildman–Crippen MR) is 82.0 cm³/mol. The highest BCUT2D eigenvalue weighted by atomic mass is 32.1. The molecule has 0 spiro atoms. The summed E-state index contributed by atoms with van der Waals surface area (Å²) in [5.41, 5.74) is 1.61. The van der Waals surface area contributed by atoms with Gasteiger partial charge in [-0.25, -0.2) is 9.78 Å². The highest BCUT2D eigenvalue weighted by Crippen LogP contribution is 2.31.